The van der Waals surface area contributed by atoms with Crippen molar-refractivity contribution >= 4 is 10.1 Å². The predicted molar refractivity (Wildman–Crippen MR) is 65.6 cm³/mol. The van der Waals surface area contributed by atoms with Crippen molar-refractivity contribution in [2.24, 2.45) is 0 Å². The summed E-state index contributed by atoms with van der Waals surface area (Å²) in [6, 6.07) is 0. The van der Waals surface area contributed by atoms with E-state index >= 15 is 0 Å². The maximum atomic E-state index is 4.31. The van der Waals surface area contributed by atoms with Gasteiger partial charge in [0.15, 0.2) is 0 Å². The third-order valence-electron chi connectivity index (χ3n) is 2.53. The first-order valence-electron chi connectivity index (χ1n) is 6.06. The van der Waals surface area contributed by atoms with Gasteiger partial charge in [-0.3, -0.25) is 0 Å². The molecular weight excluding hydrogens is 373 g/mol. The molecule has 0 amide bonds. The zero-order valence-electron chi connectivity index (χ0n) is 9.53. The molecule has 0 aromatic carbocycles. The standard InChI is InChI=1S/C12H25.Au.H2S/c1-3-5-7-9-11-12-10-8-6-4-2;;/h1,3-12H2,2H3;;1H2/q;+1;/p-1. The molecule has 0 N–H and O–H groups in total. The van der Waals surface area contributed by atoms with Gasteiger partial charge >= 0.3 is 104 Å². The summed E-state index contributed by atoms with van der Waals surface area (Å²) in [4.78, 5) is 0. The van der Waals surface area contributed by atoms with Crippen LogP contribution in [0.5, 0.6) is 0 Å². The summed E-state index contributed by atoms with van der Waals surface area (Å²) in [6.07, 6.45) is 14.5. The first-order valence-corrected chi connectivity index (χ1v) is 10.8. The van der Waals surface area contributed by atoms with Crippen LogP contribution in [0, 0.1) is 0 Å². The molecule has 0 fully saturated rings. The zero-order valence-corrected chi connectivity index (χ0v) is 12.6. The Bertz CT molecular complexity index is 84.3. The van der Waals surface area contributed by atoms with E-state index in [-0.39, 0.29) is 0 Å². The van der Waals surface area contributed by atoms with Gasteiger partial charge in [-0.1, -0.05) is 0 Å². The fourth-order valence-electron chi connectivity index (χ4n) is 1.61. The molecule has 0 unspecified atom stereocenters. The fourth-order valence-corrected chi connectivity index (χ4v) is 3.28. The van der Waals surface area contributed by atoms with E-state index in [2.05, 4.69) is 17.0 Å². The van der Waals surface area contributed by atoms with Gasteiger partial charge in [-0.15, -0.1) is 0 Å². The second kappa shape index (κ2) is 14.1. The second-order valence-electron chi connectivity index (χ2n) is 3.93. The topological polar surface area (TPSA) is 0 Å². The monoisotopic (exact) mass is 399 g/mol. The molecule has 0 saturated heterocycles. The molecule has 2 heteroatoms. The molecule has 0 bridgehead atoms. The molecular formula is C12H26AuS. The van der Waals surface area contributed by atoms with Gasteiger partial charge < -0.3 is 0 Å². The summed E-state index contributed by atoms with van der Waals surface area (Å²) in [7, 11) is 4.31. The summed E-state index contributed by atoms with van der Waals surface area (Å²) >= 11 is 0.358. The normalized spacial score (nSPS) is 11.0. The Morgan fingerprint density at radius 3 is 1.57 bits per heavy atom. The van der Waals surface area contributed by atoms with E-state index in [9.17, 15) is 0 Å². The molecule has 0 aliphatic carbocycles. The first kappa shape index (κ1) is 15.1. The molecule has 0 aliphatic heterocycles. The summed E-state index contributed by atoms with van der Waals surface area (Å²) < 4.78 is 1.40. The van der Waals surface area contributed by atoms with Gasteiger partial charge in [0.25, 0.3) is 0 Å². The average Bonchev–Trinajstić information content (AvgIpc) is 2.21. The van der Waals surface area contributed by atoms with Gasteiger partial charge in [0.1, 0.15) is 0 Å². The molecule has 0 heterocycles. The van der Waals surface area contributed by atoms with E-state index in [1.807, 2.05) is 0 Å². The van der Waals surface area contributed by atoms with Gasteiger partial charge in [-0.05, 0) is 0 Å². The Morgan fingerprint density at radius 1 is 0.714 bits per heavy atom. The molecule has 91 valence electrons. The van der Waals surface area contributed by atoms with Crippen LogP contribution in [0.4, 0.5) is 0 Å². The van der Waals surface area contributed by atoms with Crippen LogP contribution >= 0.6 is 10.1 Å². The van der Waals surface area contributed by atoms with Crippen LogP contribution in [0.3, 0.4) is 0 Å². The van der Waals surface area contributed by atoms with E-state index in [1.54, 1.807) is 0 Å². The molecule has 0 radical (unpaired) electrons. The van der Waals surface area contributed by atoms with Gasteiger partial charge in [-0.2, -0.15) is 0 Å². The van der Waals surface area contributed by atoms with Gasteiger partial charge in [0.2, 0.25) is 0 Å². The molecule has 0 nitrogen and oxygen atoms in total. The maximum absolute atomic E-state index is 4.31. The van der Waals surface area contributed by atoms with Crippen molar-refractivity contribution in [1.29, 1.82) is 0 Å². The van der Waals surface area contributed by atoms with E-state index < -0.39 is 0 Å². The number of rotatable bonds is 11. The molecule has 0 aliphatic rings. The van der Waals surface area contributed by atoms with Crippen molar-refractivity contribution in [1.82, 2.24) is 0 Å². The molecule has 0 atom stereocenters. The number of thiol groups is 1. The van der Waals surface area contributed by atoms with Crippen LogP contribution in [-0.2, 0) is 18.4 Å². The van der Waals surface area contributed by atoms with Crippen molar-refractivity contribution in [3.63, 3.8) is 0 Å². The summed E-state index contributed by atoms with van der Waals surface area (Å²) in [6.45, 7) is 2.28. The van der Waals surface area contributed by atoms with Crippen LogP contribution in [0.1, 0.15) is 71.1 Å². The Hall–Kier alpha value is 1.09. The third kappa shape index (κ3) is 13.1. The van der Waals surface area contributed by atoms with Crippen molar-refractivity contribution < 1.29 is 18.4 Å². The van der Waals surface area contributed by atoms with Crippen molar-refractivity contribution in [2.75, 3.05) is 0 Å². The van der Waals surface area contributed by atoms with Crippen molar-refractivity contribution in [3.05, 3.63) is 0 Å². The zero-order chi connectivity index (χ0) is 10.5. The Kier molecular flexibility index (Phi) is 15.2. The van der Waals surface area contributed by atoms with Gasteiger partial charge in [0.05, 0.1) is 0 Å². The first-order chi connectivity index (χ1) is 6.91. The Morgan fingerprint density at radius 2 is 1.14 bits per heavy atom. The van der Waals surface area contributed by atoms with Crippen LogP contribution in [0.2, 0.25) is 4.64 Å². The van der Waals surface area contributed by atoms with E-state index in [1.165, 1.54) is 68.8 Å². The molecule has 14 heavy (non-hydrogen) atoms. The fraction of sp³-hybridized carbons (Fsp3) is 1.00. The van der Waals surface area contributed by atoms with E-state index in [0.29, 0.717) is 18.4 Å². The van der Waals surface area contributed by atoms with E-state index in [0.717, 1.165) is 0 Å². The number of hydrogen-bond acceptors (Lipinski definition) is 1. The Balaban J connectivity index is 2.78. The molecule has 0 aromatic heterocycles. The Labute approximate surface area is 104 Å². The van der Waals surface area contributed by atoms with Crippen molar-refractivity contribution in [3.8, 4) is 0 Å². The minimum absolute atomic E-state index is 0.358. The summed E-state index contributed by atoms with van der Waals surface area (Å²) in [5.41, 5.74) is 0. The van der Waals surface area contributed by atoms with Crippen LogP contribution < -0.4 is 0 Å². The quantitative estimate of drug-likeness (QED) is 0.274. The third-order valence-corrected chi connectivity index (χ3v) is 4.88. The number of hydrogen-bond donors (Lipinski definition) is 1. The SMILES string of the molecule is CCCCCCCCCCC[CH2][Au][SH]. The average molecular weight is 399 g/mol. The van der Waals surface area contributed by atoms with Gasteiger partial charge in [0, 0.05) is 0 Å². The molecule has 0 rings (SSSR count). The molecule has 0 aromatic rings. The van der Waals surface area contributed by atoms with Gasteiger partial charge in [-0.25, -0.2) is 0 Å². The van der Waals surface area contributed by atoms with Crippen LogP contribution in [0.15, 0.2) is 0 Å². The summed E-state index contributed by atoms with van der Waals surface area (Å²) in [5.74, 6) is 0. The number of unbranched alkanes of at least 4 members (excludes halogenated alkanes) is 9. The minimum atomic E-state index is 0.358. The van der Waals surface area contributed by atoms with E-state index in [4.69, 9.17) is 0 Å². The van der Waals surface area contributed by atoms with Crippen molar-refractivity contribution in [2.45, 2.75) is 75.8 Å². The molecule has 0 spiro atoms. The van der Waals surface area contributed by atoms with Crippen LogP contribution in [0.25, 0.3) is 0 Å². The molecule has 0 saturated carbocycles. The van der Waals surface area contributed by atoms with Crippen LogP contribution in [-0.4, -0.2) is 0 Å². The second-order valence-corrected chi connectivity index (χ2v) is 7.26. The summed E-state index contributed by atoms with van der Waals surface area (Å²) in [5, 5.41) is 0. The predicted octanol–water partition coefficient (Wildman–Crippen LogP) is 5.25.